The maximum atomic E-state index is 9.81. The quantitative estimate of drug-likeness (QED) is 0.767. The number of rotatable bonds is 3. The molecule has 2 heterocycles. The Bertz CT molecular complexity index is 279. The summed E-state index contributed by atoms with van der Waals surface area (Å²) in [6.07, 6.45) is 1.25. The van der Waals surface area contributed by atoms with Crippen LogP contribution in [0.5, 0.6) is 0 Å². The highest BCUT2D eigenvalue weighted by atomic mass is 16.3. The van der Waals surface area contributed by atoms with E-state index in [1.165, 1.54) is 0 Å². The minimum atomic E-state index is -0.408. The summed E-state index contributed by atoms with van der Waals surface area (Å²) in [6, 6.07) is 3.79. The summed E-state index contributed by atoms with van der Waals surface area (Å²) < 4.78 is 5.39. The van der Waals surface area contributed by atoms with E-state index in [4.69, 9.17) is 4.42 Å². The molecule has 4 heteroatoms. The molecular weight excluding hydrogens is 192 g/mol. The molecule has 1 aliphatic heterocycles. The smallest absolute Gasteiger partial charge is 0.123 e. The Balaban J connectivity index is 2.12. The van der Waals surface area contributed by atoms with Crippen molar-refractivity contribution in [2.24, 2.45) is 0 Å². The Hall–Kier alpha value is -0.840. The van der Waals surface area contributed by atoms with Gasteiger partial charge in [-0.2, -0.15) is 0 Å². The molecule has 1 aromatic rings. The minimum Gasteiger partial charge on any atom is -0.468 e. The number of hydrogen-bond donors (Lipinski definition) is 2. The molecule has 0 radical (unpaired) electrons. The van der Waals surface area contributed by atoms with E-state index in [1.807, 2.05) is 19.1 Å². The average Bonchev–Trinajstić information content (AvgIpc) is 2.72. The molecule has 1 aromatic heterocycles. The molecule has 1 saturated heterocycles. The van der Waals surface area contributed by atoms with Crippen LogP contribution in [0, 0.1) is 0 Å². The second-order valence-electron chi connectivity index (χ2n) is 3.99. The summed E-state index contributed by atoms with van der Waals surface area (Å²) in [6.45, 7) is 5.68. The topological polar surface area (TPSA) is 48.6 Å². The number of nitrogens with zero attached hydrogens (tertiary/aromatic N) is 1. The zero-order chi connectivity index (χ0) is 10.7. The van der Waals surface area contributed by atoms with Gasteiger partial charge in [0.15, 0.2) is 0 Å². The fourth-order valence-electron chi connectivity index (χ4n) is 2.14. The van der Waals surface area contributed by atoms with Gasteiger partial charge < -0.3 is 14.8 Å². The lowest BCUT2D eigenvalue weighted by molar-refractivity contribution is 0.0405. The fourth-order valence-corrected chi connectivity index (χ4v) is 2.14. The van der Waals surface area contributed by atoms with Crippen molar-refractivity contribution < 1.29 is 9.52 Å². The third-order valence-electron chi connectivity index (χ3n) is 2.84. The van der Waals surface area contributed by atoms with Crippen LogP contribution in [-0.2, 0) is 0 Å². The standard InChI is InChI=1S/C11H18N2O2/c1-9(14)11(10-3-2-8-15-10)13-6-4-12-5-7-13/h2-3,8-9,11-12,14H,4-7H2,1H3/t9-,11?/m0/s1. The van der Waals surface area contributed by atoms with Crippen molar-refractivity contribution >= 4 is 0 Å². The van der Waals surface area contributed by atoms with Crippen molar-refractivity contribution in [2.45, 2.75) is 19.1 Å². The van der Waals surface area contributed by atoms with E-state index < -0.39 is 6.10 Å². The molecule has 15 heavy (non-hydrogen) atoms. The van der Waals surface area contributed by atoms with Crippen LogP contribution in [0.1, 0.15) is 18.7 Å². The number of hydrogen-bond acceptors (Lipinski definition) is 4. The first kappa shape index (κ1) is 10.7. The van der Waals surface area contributed by atoms with E-state index in [9.17, 15) is 5.11 Å². The third kappa shape index (κ3) is 2.40. The number of furan rings is 1. The maximum absolute atomic E-state index is 9.81. The molecule has 0 aromatic carbocycles. The highest BCUT2D eigenvalue weighted by Crippen LogP contribution is 2.24. The predicted molar refractivity (Wildman–Crippen MR) is 57.6 cm³/mol. The van der Waals surface area contributed by atoms with E-state index in [2.05, 4.69) is 10.2 Å². The van der Waals surface area contributed by atoms with Gasteiger partial charge in [0.2, 0.25) is 0 Å². The van der Waals surface area contributed by atoms with Gasteiger partial charge in [0.05, 0.1) is 18.4 Å². The molecule has 4 nitrogen and oxygen atoms in total. The monoisotopic (exact) mass is 210 g/mol. The Labute approximate surface area is 89.9 Å². The first-order valence-corrected chi connectivity index (χ1v) is 5.45. The number of aliphatic hydroxyl groups is 1. The molecule has 0 aliphatic carbocycles. The second kappa shape index (κ2) is 4.79. The summed E-state index contributed by atoms with van der Waals surface area (Å²) in [4.78, 5) is 2.26. The first-order chi connectivity index (χ1) is 7.29. The first-order valence-electron chi connectivity index (χ1n) is 5.45. The van der Waals surface area contributed by atoms with E-state index in [0.717, 1.165) is 31.9 Å². The summed E-state index contributed by atoms with van der Waals surface area (Å²) in [7, 11) is 0. The summed E-state index contributed by atoms with van der Waals surface area (Å²) in [5.41, 5.74) is 0. The van der Waals surface area contributed by atoms with Gasteiger partial charge in [-0.25, -0.2) is 0 Å². The molecule has 1 aliphatic rings. The van der Waals surface area contributed by atoms with Crippen molar-refractivity contribution in [1.29, 1.82) is 0 Å². The molecule has 0 spiro atoms. The lowest BCUT2D eigenvalue weighted by Gasteiger charge is -2.35. The van der Waals surface area contributed by atoms with Crippen molar-refractivity contribution in [3.63, 3.8) is 0 Å². The van der Waals surface area contributed by atoms with Gasteiger partial charge in [0, 0.05) is 26.2 Å². The van der Waals surface area contributed by atoms with Crippen LogP contribution in [0.2, 0.25) is 0 Å². The molecule has 0 bridgehead atoms. The van der Waals surface area contributed by atoms with Crippen LogP contribution in [0.4, 0.5) is 0 Å². The third-order valence-corrected chi connectivity index (χ3v) is 2.84. The van der Waals surface area contributed by atoms with Crippen molar-refractivity contribution in [3.05, 3.63) is 24.2 Å². The fraction of sp³-hybridized carbons (Fsp3) is 0.636. The molecule has 0 saturated carbocycles. The van der Waals surface area contributed by atoms with E-state index in [1.54, 1.807) is 6.26 Å². The van der Waals surface area contributed by atoms with Crippen LogP contribution < -0.4 is 5.32 Å². The van der Waals surface area contributed by atoms with Crippen molar-refractivity contribution in [1.82, 2.24) is 10.2 Å². The summed E-state index contributed by atoms with van der Waals surface area (Å²) >= 11 is 0. The van der Waals surface area contributed by atoms with Crippen molar-refractivity contribution in [3.8, 4) is 0 Å². The highest BCUT2D eigenvalue weighted by molar-refractivity contribution is 5.07. The largest absolute Gasteiger partial charge is 0.468 e. The van der Waals surface area contributed by atoms with Gasteiger partial charge in [-0.05, 0) is 19.1 Å². The van der Waals surface area contributed by atoms with Gasteiger partial charge in [0.1, 0.15) is 5.76 Å². The van der Waals surface area contributed by atoms with Crippen LogP contribution >= 0.6 is 0 Å². The molecule has 2 atom stereocenters. The summed E-state index contributed by atoms with van der Waals surface area (Å²) in [5, 5.41) is 13.1. The Morgan fingerprint density at radius 1 is 1.47 bits per heavy atom. The number of aliphatic hydroxyl groups excluding tert-OH is 1. The van der Waals surface area contributed by atoms with E-state index >= 15 is 0 Å². The Morgan fingerprint density at radius 2 is 2.20 bits per heavy atom. The van der Waals surface area contributed by atoms with Crippen LogP contribution in [0.15, 0.2) is 22.8 Å². The van der Waals surface area contributed by atoms with Gasteiger partial charge in [0.25, 0.3) is 0 Å². The van der Waals surface area contributed by atoms with Gasteiger partial charge in [-0.1, -0.05) is 0 Å². The maximum Gasteiger partial charge on any atom is 0.123 e. The number of piperazine rings is 1. The van der Waals surface area contributed by atoms with Crippen LogP contribution in [0.3, 0.4) is 0 Å². The molecule has 84 valence electrons. The lowest BCUT2D eigenvalue weighted by Crippen LogP contribution is -2.47. The molecule has 0 amide bonds. The SMILES string of the molecule is C[C@H](O)C(c1ccco1)N1CCNCC1. The number of nitrogens with one attached hydrogen (secondary N) is 1. The predicted octanol–water partition coefficient (Wildman–Crippen LogP) is 0.607. The Kier molecular flexibility index (Phi) is 3.41. The molecule has 1 unspecified atom stereocenters. The second-order valence-corrected chi connectivity index (χ2v) is 3.99. The van der Waals surface area contributed by atoms with Crippen molar-refractivity contribution in [2.75, 3.05) is 26.2 Å². The van der Waals surface area contributed by atoms with E-state index in [0.29, 0.717) is 0 Å². The van der Waals surface area contributed by atoms with E-state index in [-0.39, 0.29) is 6.04 Å². The highest BCUT2D eigenvalue weighted by Gasteiger charge is 2.27. The van der Waals surface area contributed by atoms with Gasteiger partial charge >= 0.3 is 0 Å². The molecule has 2 N–H and O–H groups in total. The van der Waals surface area contributed by atoms with Crippen LogP contribution in [-0.4, -0.2) is 42.3 Å². The van der Waals surface area contributed by atoms with Gasteiger partial charge in [-0.3, -0.25) is 4.90 Å². The summed E-state index contributed by atoms with van der Waals surface area (Å²) in [5.74, 6) is 0.854. The zero-order valence-corrected chi connectivity index (χ0v) is 9.02. The molecule has 1 fully saturated rings. The minimum absolute atomic E-state index is 0.0119. The zero-order valence-electron chi connectivity index (χ0n) is 9.02. The lowest BCUT2D eigenvalue weighted by atomic mass is 10.1. The average molecular weight is 210 g/mol. The normalized spacial score (nSPS) is 22.5. The Morgan fingerprint density at radius 3 is 2.73 bits per heavy atom. The molecule has 2 rings (SSSR count). The molecular formula is C11H18N2O2. The van der Waals surface area contributed by atoms with Crippen LogP contribution in [0.25, 0.3) is 0 Å². The van der Waals surface area contributed by atoms with Gasteiger partial charge in [-0.15, -0.1) is 0 Å².